The van der Waals surface area contributed by atoms with Crippen molar-refractivity contribution in [1.82, 2.24) is 8.87 Å². The largest absolute Gasteiger partial charge is 0.299 e. The Kier molecular flexibility index (Phi) is 3.81. The Morgan fingerprint density at radius 3 is 2.44 bits per heavy atom. The zero-order chi connectivity index (χ0) is 18.4. The Hall–Kier alpha value is -2.63. The highest BCUT2D eigenvalue weighted by Gasteiger charge is 2.21. The molecule has 0 N–H and O–H groups in total. The van der Waals surface area contributed by atoms with Crippen molar-refractivity contribution in [3.8, 4) is 0 Å². The van der Waals surface area contributed by atoms with Crippen LogP contribution in [0.15, 0.2) is 77.8 Å². The molecule has 4 aromatic rings. The van der Waals surface area contributed by atoms with Crippen molar-refractivity contribution in [3.05, 3.63) is 78.5 Å². The van der Waals surface area contributed by atoms with Crippen LogP contribution in [-0.4, -0.2) is 30.4 Å². The second kappa shape index (κ2) is 6.22. The predicted octanol–water partition coefficient (Wildman–Crippen LogP) is 4.24. The Morgan fingerprint density at radius 1 is 0.852 bits per heavy atom. The van der Waals surface area contributed by atoms with E-state index in [0.29, 0.717) is 4.90 Å². The number of hydrogen-bond donors (Lipinski definition) is 0. The van der Waals surface area contributed by atoms with E-state index in [1.807, 2.05) is 48.5 Å². The highest BCUT2D eigenvalue weighted by Crippen LogP contribution is 2.28. The molecule has 0 saturated carbocycles. The van der Waals surface area contributed by atoms with E-state index in [9.17, 15) is 8.42 Å². The second-order valence-corrected chi connectivity index (χ2v) is 8.92. The first kappa shape index (κ1) is 16.5. The SMILES string of the molecule is O=S(=O)(c1ccc2ccccc2c1)n1ccc2c(CN3CCC3)cccc21. The van der Waals surface area contributed by atoms with Crippen molar-refractivity contribution in [2.24, 2.45) is 0 Å². The number of nitrogens with zero attached hydrogens (tertiary/aromatic N) is 2. The molecule has 0 radical (unpaired) electrons. The van der Waals surface area contributed by atoms with Crippen molar-refractivity contribution < 1.29 is 8.42 Å². The Labute approximate surface area is 158 Å². The second-order valence-electron chi connectivity index (χ2n) is 7.11. The van der Waals surface area contributed by atoms with Crippen molar-refractivity contribution >= 4 is 31.7 Å². The summed E-state index contributed by atoms with van der Waals surface area (Å²) in [5.41, 5.74) is 1.92. The quantitative estimate of drug-likeness (QED) is 0.535. The highest BCUT2D eigenvalue weighted by molar-refractivity contribution is 7.90. The first-order valence-corrected chi connectivity index (χ1v) is 10.6. The van der Waals surface area contributed by atoms with Gasteiger partial charge in [0.15, 0.2) is 0 Å². The van der Waals surface area contributed by atoms with Crippen molar-refractivity contribution in [2.75, 3.05) is 13.1 Å². The third-order valence-corrected chi connectivity index (χ3v) is 7.09. The van der Waals surface area contributed by atoms with E-state index < -0.39 is 10.0 Å². The molecule has 1 saturated heterocycles. The maximum absolute atomic E-state index is 13.3. The van der Waals surface area contributed by atoms with Gasteiger partial charge in [0.1, 0.15) is 0 Å². The van der Waals surface area contributed by atoms with Crippen LogP contribution in [0.4, 0.5) is 0 Å². The minimum atomic E-state index is -3.65. The van der Waals surface area contributed by atoms with Crippen molar-refractivity contribution in [3.63, 3.8) is 0 Å². The zero-order valence-corrected chi connectivity index (χ0v) is 15.7. The molecule has 1 aliphatic heterocycles. The van der Waals surface area contributed by atoms with Crippen LogP contribution >= 0.6 is 0 Å². The molecule has 0 aliphatic carbocycles. The molecule has 0 amide bonds. The van der Waals surface area contributed by atoms with Crippen LogP contribution in [0, 0.1) is 0 Å². The van der Waals surface area contributed by atoms with Gasteiger partial charge in [0.05, 0.1) is 10.4 Å². The smallest absolute Gasteiger partial charge is 0.268 e. The summed E-state index contributed by atoms with van der Waals surface area (Å²) in [6.45, 7) is 3.11. The first-order valence-electron chi connectivity index (χ1n) is 9.19. The van der Waals surface area contributed by atoms with Gasteiger partial charge >= 0.3 is 0 Å². The van der Waals surface area contributed by atoms with Crippen LogP contribution < -0.4 is 0 Å². The maximum Gasteiger partial charge on any atom is 0.268 e. The zero-order valence-electron chi connectivity index (χ0n) is 14.9. The fourth-order valence-electron chi connectivity index (χ4n) is 3.78. The minimum absolute atomic E-state index is 0.312. The monoisotopic (exact) mass is 376 g/mol. The Bertz CT molecular complexity index is 1250. The molecular weight excluding hydrogens is 356 g/mol. The molecule has 5 rings (SSSR count). The van der Waals surface area contributed by atoms with Gasteiger partial charge in [-0.25, -0.2) is 12.4 Å². The van der Waals surface area contributed by atoms with Gasteiger partial charge in [-0.3, -0.25) is 4.90 Å². The van der Waals surface area contributed by atoms with Gasteiger partial charge in [0.25, 0.3) is 10.0 Å². The van der Waals surface area contributed by atoms with Gasteiger partial charge in [0, 0.05) is 18.1 Å². The molecule has 27 heavy (non-hydrogen) atoms. The summed E-state index contributed by atoms with van der Waals surface area (Å²) >= 11 is 0. The van der Waals surface area contributed by atoms with Crippen LogP contribution in [0.1, 0.15) is 12.0 Å². The number of aromatic nitrogens is 1. The van der Waals surface area contributed by atoms with E-state index in [1.54, 1.807) is 18.3 Å². The lowest BCUT2D eigenvalue weighted by Gasteiger charge is -2.30. The molecule has 1 fully saturated rings. The summed E-state index contributed by atoms with van der Waals surface area (Å²) in [6, 6.07) is 20.9. The van der Waals surface area contributed by atoms with Gasteiger partial charge in [-0.2, -0.15) is 0 Å². The lowest BCUT2D eigenvalue weighted by atomic mass is 10.1. The molecule has 0 bridgehead atoms. The van der Waals surface area contributed by atoms with Gasteiger partial charge in [-0.05, 0) is 60.1 Å². The Morgan fingerprint density at radius 2 is 1.67 bits per heavy atom. The van der Waals surface area contributed by atoms with Gasteiger partial charge in [-0.15, -0.1) is 0 Å². The highest BCUT2D eigenvalue weighted by atomic mass is 32.2. The number of hydrogen-bond acceptors (Lipinski definition) is 3. The van der Waals surface area contributed by atoms with E-state index in [0.717, 1.165) is 41.3 Å². The summed E-state index contributed by atoms with van der Waals surface area (Å²) < 4.78 is 28.0. The molecular formula is C22H20N2O2S. The fraction of sp³-hybridized carbons (Fsp3) is 0.182. The van der Waals surface area contributed by atoms with Crippen LogP contribution in [0.5, 0.6) is 0 Å². The number of likely N-dealkylation sites (tertiary alicyclic amines) is 1. The minimum Gasteiger partial charge on any atom is -0.299 e. The summed E-state index contributed by atoms with van der Waals surface area (Å²) in [6.07, 6.45) is 2.92. The maximum atomic E-state index is 13.3. The van der Waals surface area contributed by atoms with Crippen LogP contribution in [-0.2, 0) is 16.6 Å². The van der Waals surface area contributed by atoms with E-state index in [4.69, 9.17) is 0 Å². The van der Waals surface area contributed by atoms with E-state index in [-0.39, 0.29) is 0 Å². The summed E-state index contributed by atoms with van der Waals surface area (Å²) in [5, 5.41) is 2.97. The standard InChI is InChI=1S/C22H20N2O2S/c25-27(26,20-10-9-17-5-1-2-6-18(17)15-20)24-14-11-21-19(7-3-8-22(21)24)16-23-12-4-13-23/h1-3,5-11,14-15H,4,12-13,16H2. The predicted molar refractivity (Wildman–Crippen MR) is 108 cm³/mol. The normalized spacial score (nSPS) is 15.3. The summed E-state index contributed by atoms with van der Waals surface area (Å²) in [5.74, 6) is 0. The molecule has 0 unspecified atom stereocenters. The fourth-order valence-corrected chi connectivity index (χ4v) is 5.16. The molecule has 4 nitrogen and oxygen atoms in total. The molecule has 0 atom stereocenters. The van der Waals surface area contributed by atoms with Gasteiger partial charge in [-0.1, -0.05) is 42.5 Å². The third kappa shape index (κ3) is 2.74. The van der Waals surface area contributed by atoms with Crippen LogP contribution in [0.2, 0.25) is 0 Å². The van der Waals surface area contributed by atoms with Crippen LogP contribution in [0.25, 0.3) is 21.7 Å². The van der Waals surface area contributed by atoms with Gasteiger partial charge in [0.2, 0.25) is 0 Å². The molecule has 136 valence electrons. The molecule has 2 heterocycles. The average Bonchev–Trinajstić information content (AvgIpc) is 3.10. The third-order valence-electron chi connectivity index (χ3n) is 5.41. The summed E-state index contributed by atoms with van der Waals surface area (Å²) in [7, 11) is -3.65. The Balaban J connectivity index is 1.61. The average molecular weight is 376 g/mol. The van der Waals surface area contributed by atoms with Crippen molar-refractivity contribution in [2.45, 2.75) is 17.9 Å². The molecule has 1 aromatic heterocycles. The topological polar surface area (TPSA) is 42.3 Å². The number of rotatable bonds is 4. The first-order chi connectivity index (χ1) is 13.1. The van der Waals surface area contributed by atoms with Crippen molar-refractivity contribution in [1.29, 1.82) is 0 Å². The number of fused-ring (bicyclic) bond motifs is 2. The molecule has 1 aliphatic rings. The molecule has 3 aromatic carbocycles. The molecule has 5 heteroatoms. The van der Waals surface area contributed by atoms with E-state index in [2.05, 4.69) is 11.0 Å². The lowest BCUT2D eigenvalue weighted by molar-refractivity contribution is 0.173. The summed E-state index contributed by atoms with van der Waals surface area (Å²) in [4.78, 5) is 2.69. The van der Waals surface area contributed by atoms with E-state index >= 15 is 0 Å². The van der Waals surface area contributed by atoms with Gasteiger partial charge < -0.3 is 0 Å². The molecule has 0 spiro atoms. The number of benzene rings is 3. The van der Waals surface area contributed by atoms with E-state index in [1.165, 1.54) is 16.0 Å². The van der Waals surface area contributed by atoms with Crippen LogP contribution in [0.3, 0.4) is 0 Å². The lowest BCUT2D eigenvalue weighted by Crippen LogP contribution is -2.36.